The van der Waals surface area contributed by atoms with Gasteiger partial charge in [0.15, 0.2) is 0 Å². The zero-order chi connectivity index (χ0) is 17.8. The number of thiophene rings is 1. The fraction of sp³-hybridized carbons (Fsp3) is 0.632. The highest BCUT2D eigenvalue weighted by Crippen LogP contribution is 2.38. The number of fused-ring (bicyclic) bond motifs is 3. The van der Waals surface area contributed by atoms with Crippen LogP contribution in [0.5, 0.6) is 0 Å². The van der Waals surface area contributed by atoms with Gasteiger partial charge in [-0.3, -0.25) is 19.1 Å². The molecule has 0 radical (unpaired) electrons. The lowest BCUT2D eigenvalue weighted by molar-refractivity contribution is 0.256. The molecule has 7 heteroatoms. The summed E-state index contributed by atoms with van der Waals surface area (Å²) in [6.45, 7) is 6.26. The number of hydrogen-bond acceptors (Lipinski definition) is 5. The highest BCUT2D eigenvalue weighted by molar-refractivity contribution is 7.11. The lowest BCUT2D eigenvalue weighted by Gasteiger charge is -2.25. The molecule has 1 aliphatic carbocycles. The lowest BCUT2D eigenvalue weighted by Crippen LogP contribution is -2.45. The van der Waals surface area contributed by atoms with E-state index in [9.17, 15) is 9.59 Å². The first-order valence-electron chi connectivity index (χ1n) is 9.58. The third kappa shape index (κ3) is 2.68. The third-order valence-electron chi connectivity index (χ3n) is 6.26. The predicted molar refractivity (Wildman–Crippen MR) is 101 cm³/mol. The summed E-state index contributed by atoms with van der Waals surface area (Å²) in [5, 5.41) is 4.67. The quantitative estimate of drug-likeness (QED) is 0.768. The first-order valence-corrected chi connectivity index (χ1v) is 10.4. The largest absolute Gasteiger partial charge is 0.332 e. The second-order valence-electron chi connectivity index (χ2n) is 8.13. The summed E-state index contributed by atoms with van der Waals surface area (Å²) < 4.78 is 3.12. The second-order valence-corrected chi connectivity index (χ2v) is 9.50. The molecule has 2 atom stereocenters. The maximum Gasteiger partial charge on any atom is 0.332 e. The number of hydrogen-bond donors (Lipinski definition) is 0. The Hall–Kier alpha value is -1.73. The van der Waals surface area contributed by atoms with Crippen LogP contribution in [0.15, 0.2) is 21.7 Å². The van der Waals surface area contributed by atoms with E-state index >= 15 is 0 Å². The minimum absolute atomic E-state index is 0.275. The van der Waals surface area contributed by atoms with Crippen LogP contribution in [0.4, 0.5) is 0 Å². The second kappa shape index (κ2) is 6.16. The topological polar surface area (TPSA) is 60.1 Å². The van der Waals surface area contributed by atoms with E-state index in [0.29, 0.717) is 24.9 Å². The average molecular weight is 372 g/mol. The van der Waals surface area contributed by atoms with Gasteiger partial charge in [0.1, 0.15) is 5.82 Å². The molecule has 1 saturated carbocycles. The maximum absolute atomic E-state index is 12.6. The summed E-state index contributed by atoms with van der Waals surface area (Å²) in [6, 6.07) is 4.38. The molecular weight excluding hydrogens is 348 g/mol. The van der Waals surface area contributed by atoms with E-state index in [1.165, 1.54) is 20.9 Å². The third-order valence-corrected chi connectivity index (χ3v) is 7.24. The van der Waals surface area contributed by atoms with Gasteiger partial charge in [0, 0.05) is 54.3 Å². The Labute approximate surface area is 156 Å². The summed E-state index contributed by atoms with van der Waals surface area (Å²) in [4.78, 5) is 30.1. The predicted octanol–water partition coefficient (Wildman–Crippen LogP) is 1.80. The maximum atomic E-state index is 12.6. The highest BCUT2D eigenvalue weighted by atomic mass is 32.1. The van der Waals surface area contributed by atoms with Crippen molar-refractivity contribution in [3.05, 3.63) is 48.4 Å². The van der Waals surface area contributed by atoms with Crippen molar-refractivity contribution >= 4 is 11.3 Å². The van der Waals surface area contributed by atoms with Gasteiger partial charge < -0.3 is 0 Å². The van der Waals surface area contributed by atoms with E-state index in [0.717, 1.165) is 38.3 Å². The van der Waals surface area contributed by atoms with Gasteiger partial charge in [0.25, 0.3) is 0 Å². The lowest BCUT2D eigenvalue weighted by atomic mass is 9.85. The van der Waals surface area contributed by atoms with Crippen molar-refractivity contribution in [2.24, 2.45) is 11.8 Å². The first kappa shape index (κ1) is 16.4. The summed E-state index contributed by atoms with van der Waals surface area (Å²) >= 11 is 1.85. The zero-order valence-electron chi connectivity index (χ0n) is 15.1. The van der Waals surface area contributed by atoms with Gasteiger partial charge in [-0.2, -0.15) is 5.10 Å². The average Bonchev–Trinajstić information content (AvgIpc) is 3.23. The zero-order valence-corrected chi connectivity index (χ0v) is 15.9. The molecule has 0 bridgehead atoms. The van der Waals surface area contributed by atoms with Crippen LogP contribution >= 0.6 is 11.3 Å². The molecule has 0 amide bonds. The minimum atomic E-state index is -0.438. The van der Waals surface area contributed by atoms with Crippen molar-refractivity contribution in [3.8, 4) is 0 Å². The summed E-state index contributed by atoms with van der Waals surface area (Å²) in [5.74, 6) is 2.03. The van der Waals surface area contributed by atoms with Gasteiger partial charge in [-0.1, -0.05) is 6.42 Å². The molecule has 6 nitrogen and oxygen atoms in total. The van der Waals surface area contributed by atoms with Crippen LogP contribution in [0.25, 0.3) is 0 Å². The molecule has 2 aromatic rings. The number of aryl methyl sites for hydroxylation is 1. The smallest absolute Gasteiger partial charge is 0.297 e. The normalized spacial score (nSPS) is 25.3. The minimum Gasteiger partial charge on any atom is -0.297 e. The van der Waals surface area contributed by atoms with E-state index in [4.69, 9.17) is 0 Å². The van der Waals surface area contributed by atoms with Crippen LogP contribution in [0.1, 0.15) is 40.8 Å². The van der Waals surface area contributed by atoms with Gasteiger partial charge >= 0.3 is 11.1 Å². The summed E-state index contributed by atoms with van der Waals surface area (Å²) in [7, 11) is 0. The molecule has 1 saturated heterocycles. The summed E-state index contributed by atoms with van der Waals surface area (Å²) in [5.41, 5.74) is -0.810. The molecule has 2 fully saturated rings. The van der Waals surface area contributed by atoms with Crippen molar-refractivity contribution in [2.75, 3.05) is 13.1 Å². The monoisotopic (exact) mass is 372 g/mol. The van der Waals surface area contributed by atoms with Crippen LogP contribution in [0, 0.1) is 18.8 Å². The molecular formula is C19H24N4O2S. The van der Waals surface area contributed by atoms with E-state index in [2.05, 4.69) is 29.1 Å². The molecule has 0 spiro atoms. The Bertz CT molecular complexity index is 955. The Morgan fingerprint density at radius 1 is 1.15 bits per heavy atom. The molecule has 5 rings (SSSR count). The molecule has 3 aliphatic rings. The van der Waals surface area contributed by atoms with Crippen molar-refractivity contribution in [1.82, 2.24) is 19.2 Å². The SMILES string of the molecule is Cc1ccc(CN2C[C@H]3Cn4c(nn(CC5CCC5)c(=O)c4=O)[C@H]3C2)s1. The molecule has 2 aliphatic heterocycles. The van der Waals surface area contributed by atoms with Crippen LogP contribution < -0.4 is 11.1 Å². The fourth-order valence-corrected chi connectivity index (χ4v) is 5.57. The van der Waals surface area contributed by atoms with E-state index in [1.54, 1.807) is 4.57 Å². The Morgan fingerprint density at radius 3 is 2.69 bits per heavy atom. The van der Waals surface area contributed by atoms with Crippen LogP contribution in [-0.2, 0) is 19.6 Å². The molecule has 26 heavy (non-hydrogen) atoms. The van der Waals surface area contributed by atoms with Crippen molar-refractivity contribution in [1.29, 1.82) is 0 Å². The van der Waals surface area contributed by atoms with Gasteiger partial charge in [-0.15, -0.1) is 11.3 Å². The van der Waals surface area contributed by atoms with Crippen LogP contribution in [0.2, 0.25) is 0 Å². The van der Waals surface area contributed by atoms with Gasteiger partial charge in [-0.25, -0.2) is 4.68 Å². The number of rotatable bonds is 4. The van der Waals surface area contributed by atoms with Gasteiger partial charge in [0.05, 0.1) is 0 Å². The number of aromatic nitrogens is 3. The molecule has 0 aromatic carbocycles. The highest BCUT2D eigenvalue weighted by Gasteiger charge is 2.42. The molecule has 4 heterocycles. The van der Waals surface area contributed by atoms with Crippen LogP contribution in [0.3, 0.4) is 0 Å². The standard InChI is InChI=1S/C19H24N4O2S/c1-12-5-6-15(26-12)10-21-8-14-9-22-17(16(14)11-21)20-23(19(25)18(22)24)7-13-3-2-4-13/h5-6,13-14,16H,2-4,7-11H2,1H3/t14-,16-/m0/s1. The van der Waals surface area contributed by atoms with Gasteiger partial charge in [-0.05, 0) is 37.8 Å². The Kier molecular flexibility index (Phi) is 3.90. The first-order chi connectivity index (χ1) is 12.6. The molecule has 138 valence electrons. The number of nitrogens with zero attached hydrogens (tertiary/aromatic N) is 4. The van der Waals surface area contributed by atoms with E-state index in [1.807, 2.05) is 11.3 Å². The van der Waals surface area contributed by atoms with Crippen molar-refractivity contribution in [2.45, 2.75) is 51.7 Å². The molecule has 0 unspecified atom stereocenters. The van der Waals surface area contributed by atoms with Crippen molar-refractivity contribution < 1.29 is 0 Å². The summed E-state index contributed by atoms with van der Waals surface area (Å²) in [6.07, 6.45) is 3.52. The van der Waals surface area contributed by atoms with E-state index < -0.39 is 5.56 Å². The van der Waals surface area contributed by atoms with Crippen molar-refractivity contribution in [3.63, 3.8) is 0 Å². The van der Waals surface area contributed by atoms with Gasteiger partial charge in [0.2, 0.25) is 0 Å². The Morgan fingerprint density at radius 2 is 2.00 bits per heavy atom. The molecule has 0 N–H and O–H groups in total. The van der Waals surface area contributed by atoms with E-state index in [-0.39, 0.29) is 11.5 Å². The fourth-order valence-electron chi connectivity index (χ4n) is 4.64. The van der Waals surface area contributed by atoms with Crippen LogP contribution in [-0.4, -0.2) is 32.3 Å². The number of likely N-dealkylation sites (tertiary alicyclic amines) is 1. The molecule has 2 aromatic heterocycles. The Balaban J connectivity index is 1.39.